The molecule has 0 saturated heterocycles. The Bertz CT molecular complexity index is 308. The van der Waals surface area contributed by atoms with E-state index in [-0.39, 0.29) is 6.04 Å². The number of rotatable bonds is 10. The van der Waals surface area contributed by atoms with Crippen molar-refractivity contribution in [3.63, 3.8) is 0 Å². The van der Waals surface area contributed by atoms with Crippen LogP contribution in [0, 0.1) is 0 Å². The van der Waals surface area contributed by atoms with E-state index < -0.39 is 0 Å². The molecule has 0 fully saturated rings. The average Bonchev–Trinajstić information content (AvgIpc) is 2.74. The summed E-state index contributed by atoms with van der Waals surface area (Å²) in [4.78, 5) is 4.21. The second kappa shape index (κ2) is 9.09. The zero-order chi connectivity index (χ0) is 13.2. The molecule has 0 radical (unpaired) electrons. The van der Waals surface area contributed by atoms with Crippen LogP contribution >= 0.6 is 0 Å². The maximum atomic E-state index is 6.12. The molecule has 0 aliphatic rings. The first-order valence-corrected chi connectivity index (χ1v) is 7.32. The summed E-state index contributed by atoms with van der Waals surface area (Å²) in [5, 5.41) is 4.06. The molecular formula is C14H28N4. The van der Waals surface area contributed by atoms with Crippen LogP contribution in [0.25, 0.3) is 0 Å². The van der Waals surface area contributed by atoms with Crippen molar-refractivity contribution in [1.82, 2.24) is 14.8 Å². The van der Waals surface area contributed by atoms with E-state index in [0.717, 1.165) is 18.7 Å². The van der Waals surface area contributed by atoms with Gasteiger partial charge in [-0.05, 0) is 6.42 Å². The Balaban J connectivity index is 2.00. The Hall–Kier alpha value is -0.900. The predicted molar refractivity (Wildman–Crippen MR) is 75.3 cm³/mol. The van der Waals surface area contributed by atoms with Gasteiger partial charge in [0.2, 0.25) is 0 Å². The number of aromatic nitrogens is 3. The molecule has 4 nitrogen and oxygen atoms in total. The molecule has 4 heteroatoms. The van der Waals surface area contributed by atoms with Crippen LogP contribution in [0.15, 0.2) is 6.33 Å². The molecule has 0 amide bonds. The van der Waals surface area contributed by atoms with E-state index in [1.165, 1.54) is 44.9 Å². The highest BCUT2D eigenvalue weighted by Gasteiger charge is 2.07. The molecule has 18 heavy (non-hydrogen) atoms. The smallest absolute Gasteiger partial charge is 0.138 e. The third-order valence-electron chi connectivity index (χ3n) is 3.43. The fraction of sp³-hybridized carbons (Fsp3) is 0.857. The zero-order valence-electron chi connectivity index (χ0n) is 11.9. The molecule has 1 rings (SSSR count). The summed E-state index contributed by atoms with van der Waals surface area (Å²) in [5.74, 6) is 0.991. The highest BCUT2D eigenvalue weighted by atomic mass is 15.3. The van der Waals surface area contributed by atoms with Crippen molar-refractivity contribution in [1.29, 1.82) is 0 Å². The van der Waals surface area contributed by atoms with Crippen LogP contribution in [-0.2, 0) is 13.5 Å². The van der Waals surface area contributed by atoms with E-state index in [1.807, 2.05) is 11.7 Å². The lowest BCUT2D eigenvalue weighted by molar-refractivity contribution is 0.514. The van der Waals surface area contributed by atoms with Gasteiger partial charge in [-0.3, -0.25) is 4.68 Å². The first-order chi connectivity index (χ1) is 8.74. The van der Waals surface area contributed by atoms with Crippen molar-refractivity contribution < 1.29 is 0 Å². The molecule has 0 spiro atoms. The summed E-state index contributed by atoms with van der Waals surface area (Å²) in [5.41, 5.74) is 6.12. The zero-order valence-corrected chi connectivity index (χ0v) is 11.9. The van der Waals surface area contributed by atoms with Crippen molar-refractivity contribution in [2.75, 3.05) is 0 Å². The molecule has 0 aliphatic carbocycles. The summed E-state index contributed by atoms with van der Waals surface area (Å²) in [6.07, 6.45) is 12.9. The quantitative estimate of drug-likeness (QED) is 0.651. The minimum atomic E-state index is 0.226. The molecule has 0 aliphatic heterocycles. The van der Waals surface area contributed by atoms with E-state index in [9.17, 15) is 0 Å². The van der Waals surface area contributed by atoms with Crippen LogP contribution in [0.5, 0.6) is 0 Å². The van der Waals surface area contributed by atoms with Crippen LogP contribution in [0.4, 0.5) is 0 Å². The molecule has 1 aromatic heterocycles. The Morgan fingerprint density at radius 2 is 1.83 bits per heavy atom. The summed E-state index contributed by atoms with van der Waals surface area (Å²) in [6, 6.07) is 0.226. The second-order valence-corrected chi connectivity index (χ2v) is 5.17. The minimum absolute atomic E-state index is 0.226. The molecule has 1 aromatic rings. The number of hydrogen-bond donors (Lipinski definition) is 1. The van der Waals surface area contributed by atoms with Crippen LogP contribution < -0.4 is 5.73 Å². The van der Waals surface area contributed by atoms with Gasteiger partial charge in [0.15, 0.2) is 0 Å². The van der Waals surface area contributed by atoms with Gasteiger partial charge in [-0.15, -0.1) is 0 Å². The maximum absolute atomic E-state index is 6.12. The summed E-state index contributed by atoms with van der Waals surface area (Å²) < 4.78 is 1.81. The second-order valence-electron chi connectivity index (χ2n) is 5.17. The Labute approximate surface area is 111 Å². The highest BCUT2D eigenvalue weighted by molar-refractivity contribution is 4.87. The standard InChI is InChI=1S/C14H28N4/c1-3-4-5-6-7-8-9-10-13(15)11-14-16-12-17-18(14)2/h12-13H,3-11,15H2,1-2H3. The van der Waals surface area contributed by atoms with Crippen LogP contribution in [0.1, 0.15) is 64.1 Å². The number of nitrogens with zero attached hydrogens (tertiary/aromatic N) is 3. The van der Waals surface area contributed by atoms with Crippen molar-refractivity contribution in [3.8, 4) is 0 Å². The molecule has 1 unspecified atom stereocenters. The normalized spacial score (nSPS) is 12.8. The van der Waals surface area contributed by atoms with E-state index in [1.54, 1.807) is 6.33 Å². The third kappa shape index (κ3) is 6.15. The van der Waals surface area contributed by atoms with Crippen LogP contribution in [0.3, 0.4) is 0 Å². The summed E-state index contributed by atoms with van der Waals surface area (Å²) in [6.45, 7) is 2.26. The highest BCUT2D eigenvalue weighted by Crippen LogP contribution is 2.10. The maximum Gasteiger partial charge on any atom is 0.138 e. The topological polar surface area (TPSA) is 56.7 Å². The summed E-state index contributed by atoms with van der Waals surface area (Å²) in [7, 11) is 1.92. The summed E-state index contributed by atoms with van der Waals surface area (Å²) >= 11 is 0. The van der Waals surface area contributed by atoms with Gasteiger partial charge in [-0.1, -0.05) is 51.9 Å². The number of hydrogen-bond acceptors (Lipinski definition) is 3. The van der Waals surface area contributed by atoms with Gasteiger partial charge >= 0.3 is 0 Å². The van der Waals surface area contributed by atoms with Gasteiger partial charge in [0.05, 0.1) is 0 Å². The van der Waals surface area contributed by atoms with Gasteiger partial charge in [0, 0.05) is 19.5 Å². The van der Waals surface area contributed by atoms with E-state index in [2.05, 4.69) is 17.0 Å². The molecule has 1 heterocycles. The Morgan fingerprint density at radius 3 is 2.44 bits per heavy atom. The molecular weight excluding hydrogens is 224 g/mol. The lowest BCUT2D eigenvalue weighted by Crippen LogP contribution is -2.24. The first kappa shape index (κ1) is 15.2. The number of unbranched alkanes of at least 4 members (excludes halogenated alkanes) is 6. The van der Waals surface area contributed by atoms with Gasteiger partial charge in [-0.2, -0.15) is 5.10 Å². The van der Waals surface area contributed by atoms with E-state index in [4.69, 9.17) is 5.73 Å². The monoisotopic (exact) mass is 252 g/mol. The fourth-order valence-corrected chi connectivity index (χ4v) is 2.21. The SMILES string of the molecule is CCCCCCCCCC(N)Cc1ncnn1C. The molecule has 0 bridgehead atoms. The first-order valence-electron chi connectivity index (χ1n) is 7.32. The van der Waals surface area contributed by atoms with Gasteiger partial charge < -0.3 is 5.73 Å². The molecule has 1 atom stereocenters. The third-order valence-corrected chi connectivity index (χ3v) is 3.43. The molecule has 104 valence electrons. The molecule has 2 N–H and O–H groups in total. The van der Waals surface area contributed by atoms with Crippen molar-refractivity contribution in [3.05, 3.63) is 12.2 Å². The van der Waals surface area contributed by atoms with Gasteiger partial charge in [0.25, 0.3) is 0 Å². The average molecular weight is 252 g/mol. The molecule has 0 saturated carbocycles. The van der Waals surface area contributed by atoms with Crippen molar-refractivity contribution >= 4 is 0 Å². The van der Waals surface area contributed by atoms with Gasteiger partial charge in [-0.25, -0.2) is 4.98 Å². The predicted octanol–water partition coefficient (Wildman–Crippen LogP) is 2.83. The van der Waals surface area contributed by atoms with Crippen LogP contribution in [-0.4, -0.2) is 20.8 Å². The lowest BCUT2D eigenvalue weighted by atomic mass is 10.0. The largest absolute Gasteiger partial charge is 0.327 e. The Morgan fingerprint density at radius 1 is 1.17 bits per heavy atom. The van der Waals surface area contributed by atoms with E-state index in [0.29, 0.717) is 0 Å². The fourth-order valence-electron chi connectivity index (χ4n) is 2.21. The number of aryl methyl sites for hydroxylation is 1. The minimum Gasteiger partial charge on any atom is -0.327 e. The Kier molecular flexibility index (Phi) is 7.65. The lowest BCUT2D eigenvalue weighted by Gasteiger charge is -2.10. The van der Waals surface area contributed by atoms with Crippen molar-refractivity contribution in [2.24, 2.45) is 12.8 Å². The van der Waals surface area contributed by atoms with Crippen molar-refractivity contribution in [2.45, 2.75) is 70.8 Å². The molecule has 0 aromatic carbocycles. The van der Waals surface area contributed by atoms with E-state index >= 15 is 0 Å². The van der Waals surface area contributed by atoms with Crippen LogP contribution in [0.2, 0.25) is 0 Å². The van der Waals surface area contributed by atoms with Gasteiger partial charge in [0.1, 0.15) is 12.2 Å². The number of nitrogens with two attached hydrogens (primary N) is 1.